The summed E-state index contributed by atoms with van der Waals surface area (Å²) in [5, 5.41) is 8.44. The molecule has 3 aromatic carbocycles. The van der Waals surface area contributed by atoms with E-state index in [1.54, 1.807) is 17.4 Å². The van der Waals surface area contributed by atoms with Gasteiger partial charge in [-0.3, -0.25) is 0 Å². The van der Waals surface area contributed by atoms with Crippen molar-refractivity contribution in [1.82, 2.24) is 10.3 Å². The zero-order valence-corrected chi connectivity index (χ0v) is 16.9. The minimum absolute atomic E-state index is 0.667. The Balaban J connectivity index is 1.40. The van der Waals surface area contributed by atoms with Crippen LogP contribution in [0.25, 0.3) is 21.2 Å². The van der Waals surface area contributed by atoms with E-state index in [4.69, 9.17) is 23.2 Å². The van der Waals surface area contributed by atoms with Crippen molar-refractivity contribution in [3.05, 3.63) is 87.5 Å². The van der Waals surface area contributed by atoms with E-state index in [-0.39, 0.29) is 0 Å². The topological polar surface area (TPSA) is 24.9 Å². The number of nitrogens with zero attached hydrogens (tertiary/aromatic N) is 1. The predicted octanol–water partition coefficient (Wildman–Crippen LogP) is 6.60. The molecule has 0 radical (unpaired) electrons. The molecule has 1 heterocycles. The monoisotopic (exact) mass is 412 g/mol. The molecular weight excluding hydrogens is 395 g/mol. The summed E-state index contributed by atoms with van der Waals surface area (Å²) in [6.45, 7) is 1.59. The lowest BCUT2D eigenvalue weighted by Gasteiger charge is -2.06. The molecule has 0 aliphatic rings. The highest BCUT2D eigenvalue weighted by Crippen LogP contribution is 2.32. The van der Waals surface area contributed by atoms with Gasteiger partial charge in [0.25, 0.3) is 0 Å². The maximum Gasteiger partial charge on any atom is 0.107 e. The smallest absolute Gasteiger partial charge is 0.107 e. The number of fused-ring (bicyclic) bond motifs is 1. The van der Waals surface area contributed by atoms with E-state index < -0.39 is 0 Å². The van der Waals surface area contributed by atoms with Gasteiger partial charge in [-0.1, -0.05) is 71.7 Å². The quantitative estimate of drug-likeness (QED) is 0.360. The fourth-order valence-electron chi connectivity index (χ4n) is 3.10. The lowest BCUT2D eigenvalue weighted by molar-refractivity contribution is 0.684. The molecule has 0 aliphatic heterocycles. The number of hydrogen-bond donors (Lipinski definition) is 1. The molecule has 0 unspecified atom stereocenters. The van der Waals surface area contributed by atoms with Crippen LogP contribution in [0.1, 0.15) is 10.6 Å². The summed E-state index contributed by atoms with van der Waals surface area (Å²) in [6, 6.07) is 20.5. The van der Waals surface area contributed by atoms with Crippen LogP contribution in [-0.2, 0) is 13.0 Å². The summed E-state index contributed by atoms with van der Waals surface area (Å²) in [4.78, 5) is 5.78. The number of nitrogens with one attached hydrogen (secondary N) is 1. The van der Waals surface area contributed by atoms with Crippen molar-refractivity contribution in [3.63, 3.8) is 0 Å². The molecule has 27 heavy (non-hydrogen) atoms. The molecule has 136 valence electrons. The third-order valence-corrected chi connectivity index (χ3v) is 6.09. The SMILES string of the molecule is Clc1ccc(CCNCc2ncc(-c3cccc4ccccc34)s2)c(Cl)c1. The van der Waals surface area contributed by atoms with Crippen LogP contribution in [0.3, 0.4) is 0 Å². The highest BCUT2D eigenvalue weighted by atomic mass is 35.5. The summed E-state index contributed by atoms with van der Waals surface area (Å²) < 4.78 is 0. The van der Waals surface area contributed by atoms with Gasteiger partial charge in [-0.15, -0.1) is 11.3 Å². The Morgan fingerprint density at radius 2 is 1.81 bits per heavy atom. The van der Waals surface area contributed by atoms with E-state index in [9.17, 15) is 0 Å². The van der Waals surface area contributed by atoms with E-state index in [1.807, 2.05) is 18.3 Å². The maximum atomic E-state index is 6.22. The van der Waals surface area contributed by atoms with E-state index in [2.05, 4.69) is 52.8 Å². The lowest BCUT2D eigenvalue weighted by atomic mass is 10.0. The molecule has 0 saturated carbocycles. The van der Waals surface area contributed by atoms with Gasteiger partial charge in [-0.2, -0.15) is 0 Å². The highest BCUT2D eigenvalue weighted by molar-refractivity contribution is 7.15. The first-order valence-corrected chi connectivity index (χ1v) is 10.4. The Labute approximate surface area is 172 Å². The summed E-state index contributed by atoms with van der Waals surface area (Å²) in [7, 11) is 0. The van der Waals surface area contributed by atoms with Gasteiger partial charge in [0, 0.05) is 28.4 Å². The normalized spacial score (nSPS) is 11.2. The Morgan fingerprint density at radius 1 is 0.963 bits per heavy atom. The van der Waals surface area contributed by atoms with Crippen molar-refractivity contribution in [2.45, 2.75) is 13.0 Å². The standard InChI is InChI=1S/C22H18Cl2N2S/c23-17-9-8-16(20(24)12-17)10-11-25-14-22-26-13-21(27-22)19-7-3-5-15-4-1-2-6-18(15)19/h1-9,12-13,25H,10-11,14H2. The second-order valence-corrected chi connectivity index (χ2v) is 8.27. The minimum atomic E-state index is 0.667. The zero-order valence-electron chi connectivity index (χ0n) is 14.6. The van der Waals surface area contributed by atoms with Gasteiger partial charge in [0.05, 0.1) is 4.88 Å². The van der Waals surface area contributed by atoms with Gasteiger partial charge in [0.2, 0.25) is 0 Å². The van der Waals surface area contributed by atoms with Gasteiger partial charge in [-0.05, 0) is 41.4 Å². The number of halogens is 2. The van der Waals surface area contributed by atoms with Crippen LogP contribution in [0.4, 0.5) is 0 Å². The fourth-order valence-corrected chi connectivity index (χ4v) is 4.53. The van der Waals surface area contributed by atoms with Gasteiger partial charge >= 0.3 is 0 Å². The molecule has 0 spiro atoms. The maximum absolute atomic E-state index is 6.22. The molecule has 0 saturated heterocycles. The van der Waals surface area contributed by atoms with Crippen LogP contribution in [0.2, 0.25) is 10.0 Å². The van der Waals surface area contributed by atoms with E-state index in [0.29, 0.717) is 5.02 Å². The Bertz CT molecular complexity index is 1070. The van der Waals surface area contributed by atoms with Gasteiger partial charge in [0.1, 0.15) is 5.01 Å². The largest absolute Gasteiger partial charge is 0.310 e. The molecule has 1 aromatic heterocycles. The lowest BCUT2D eigenvalue weighted by Crippen LogP contribution is -2.16. The van der Waals surface area contributed by atoms with Crippen molar-refractivity contribution >= 4 is 45.3 Å². The molecule has 0 amide bonds. The zero-order chi connectivity index (χ0) is 18.6. The first-order chi connectivity index (χ1) is 13.2. The molecular formula is C22H18Cl2N2S. The first kappa shape index (κ1) is 18.5. The number of thiazole rings is 1. The van der Waals surface area contributed by atoms with Crippen molar-refractivity contribution in [1.29, 1.82) is 0 Å². The molecule has 0 bridgehead atoms. The second-order valence-electron chi connectivity index (χ2n) is 6.31. The summed E-state index contributed by atoms with van der Waals surface area (Å²) in [5.74, 6) is 0. The van der Waals surface area contributed by atoms with Crippen LogP contribution >= 0.6 is 34.5 Å². The predicted molar refractivity (Wildman–Crippen MR) is 117 cm³/mol. The number of benzene rings is 3. The van der Waals surface area contributed by atoms with Gasteiger partial charge in [0.15, 0.2) is 0 Å². The van der Waals surface area contributed by atoms with Crippen molar-refractivity contribution in [2.75, 3.05) is 6.54 Å². The van der Waals surface area contributed by atoms with Crippen LogP contribution in [-0.4, -0.2) is 11.5 Å². The van der Waals surface area contributed by atoms with Gasteiger partial charge in [-0.25, -0.2) is 4.98 Å². The highest BCUT2D eigenvalue weighted by Gasteiger charge is 2.08. The molecule has 4 rings (SSSR count). The Kier molecular flexibility index (Phi) is 5.74. The first-order valence-electron chi connectivity index (χ1n) is 8.78. The fraction of sp³-hybridized carbons (Fsp3) is 0.136. The van der Waals surface area contributed by atoms with Crippen LogP contribution in [0.15, 0.2) is 66.9 Å². The Hall–Kier alpha value is -1.91. The van der Waals surface area contributed by atoms with Crippen molar-refractivity contribution in [3.8, 4) is 10.4 Å². The van der Waals surface area contributed by atoms with E-state index in [1.165, 1.54) is 21.2 Å². The summed E-state index contributed by atoms with van der Waals surface area (Å²) >= 11 is 13.9. The van der Waals surface area contributed by atoms with Crippen molar-refractivity contribution < 1.29 is 0 Å². The third-order valence-electron chi connectivity index (χ3n) is 4.47. The summed E-state index contributed by atoms with van der Waals surface area (Å²) in [5.41, 5.74) is 2.34. The molecule has 0 aliphatic carbocycles. The van der Waals surface area contributed by atoms with Crippen LogP contribution < -0.4 is 5.32 Å². The van der Waals surface area contributed by atoms with E-state index >= 15 is 0 Å². The molecule has 0 atom stereocenters. The molecule has 1 N–H and O–H groups in total. The molecule has 4 aromatic rings. The van der Waals surface area contributed by atoms with Crippen LogP contribution in [0, 0.1) is 0 Å². The summed E-state index contributed by atoms with van der Waals surface area (Å²) in [6.07, 6.45) is 2.83. The minimum Gasteiger partial charge on any atom is -0.310 e. The molecule has 2 nitrogen and oxygen atoms in total. The van der Waals surface area contributed by atoms with Crippen molar-refractivity contribution in [2.24, 2.45) is 0 Å². The number of aromatic nitrogens is 1. The molecule has 0 fully saturated rings. The second kappa shape index (κ2) is 8.41. The third kappa shape index (κ3) is 4.33. The Morgan fingerprint density at radius 3 is 2.70 bits per heavy atom. The number of hydrogen-bond acceptors (Lipinski definition) is 3. The number of rotatable bonds is 6. The average molecular weight is 413 g/mol. The molecule has 5 heteroatoms. The average Bonchev–Trinajstić information content (AvgIpc) is 3.15. The van der Waals surface area contributed by atoms with E-state index in [0.717, 1.165) is 35.1 Å². The van der Waals surface area contributed by atoms with Crippen LogP contribution in [0.5, 0.6) is 0 Å². The van der Waals surface area contributed by atoms with Gasteiger partial charge < -0.3 is 5.32 Å².